The molecule has 20 heavy (non-hydrogen) atoms. The Bertz CT molecular complexity index is 767. The van der Waals surface area contributed by atoms with E-state index >= 15 is 0 Å². The Hall–Kier alpha value is -2.07. The quantitative estimate of drug-likeness (QED) is 0.795. The molecule has 0 aliphatic carbocycles. The largest absolute Gasteiger partial charge is 0.463 e. The van der Waals surface area contributed by atoms with Crippen molar-refractivity contribution in [2.75, 3.05) is 0 Å². The molecule has 0 saturated heterocycles. The van der Waals surface area contributed by atoms with Crippen LogP contribution in [0.2, 0.25) is 0 Å². The van der Waals surface area contributed by atoms with Crippen molar-refractivity contribution in [2.45, 2.75) is 33.9 Å². The Morgan fingerprint density at radius 2 is 1.85 bits per heavy atom. The van der Waals surface area contributed by atoms with Gasteiger partial charge in [-0.15, -0.1) is 0 Å². The number of nitrogens with zero attached hydrogens (tertiary/aromatic N) is 2. The van der Waals surface area contributed by atoms with E-state index in [0.717, 1.165) is 28.1 Å². The van der Waals surface area contributed by atoms with Gasteiger partial charge in [0.1, 0.15) is 11.5 Å². The van der Waals surface area contributed by atoms with Crippen LogP contribution in [0.5, 0.6) is 0 Å². The number of hydrogen-bond acceptors (Lipinski definition) is 3. The first-order valence-electron chi connectivity index (χ1n) is 6.79. The Balaban J connectivity index is 2.00. The van der Waals surface area contributed by atoms with Crippen molar-refractivity contribution < 1.29 is 4.42 Å². The molecular formula is C16H19N3O. The van der Waals surface area contributed by atoms with E-state index in [4.69, 9.17) is 10.2 Å². The minimum atomic E-state index is 0.439. The van der Waals surface area contributed by atoms with Gasteiger partial charge in [0.05, 0.1) is 30.5 Å². The van der Waals surface area contributed by atoms with E-state index in [1.807, 2.05) is 13.3 Å². The fourth-order valence-electron chi connectivity index (χ4n) is 2.48. The van der Waals surface area contributed by atoms with Gasteiger partial charge in [-0.1, -0.05) is 0 Å². The number of rotatable bonds is 3. The second kappa shape index (κ2) is 4.80. The van der Waals surface area contributed by atoms with Crippen LogP contribution in [-0.4, -0.2) is 9.55 Å². The molecule has 0 aliphatic heterocycles. The Kier molecular flexibility index (Phi) is 3.10. The predicted molar refractivity (Wildman–Crippen MR) is 79.6 cm³/mol. The molecule has 0 bridgehead atoms. The average Bonchev–Trinajstić information content (AvgIpc) is 2.95. The summed E-state index contributed by atoms with van der Waals surface area (Å²) in [7, 11) is 0. The van der Waals surface area contributed by atoms with Gasteiger partial charge in [-0.2, -0.15) is 0 Å². The molecule has 4 heteroatoms. The highest BCUT2D eigenvalue weighted by Gasteiger charge is 2.09. The third kappa shape index (κ3) is 2.12. The minimum Gasteiger partial charge on any atom is -0.463 e. The maximum atomic E-state index is 5.77. The third-order valence-electron chi connectivity index (χ3n) is 3.82. The smallest absolute Gasteiger partial charge is 0.124 e. The maximum Gasteiger partial charge on any atom is 0.124 e. The molecule has 2 heterocycles. The first kappa shape index (κ1) is 12.9. The summed E-state index contributed by atoms with van der Waals surface area (Å²) in [5.41, 5.74) is 11.5. The summed E-state index contributed by atoms with van der Waals surface area (Å²) in [6.07, 6.45) is 1.86. The van der Waals surface area contributed by atoms with Gasteiger partial charge < -0.3 is 14.7 Å². The highest BCUT2D eigenvalue weighted by molar-refractivity contribution is 5.77. The van der Waals surface area contributed by atoms with Gasteiger partial charge in [-0.25, -0.2) is 4.98 Å². The lowest BCUT2D eigenvalue weighted by Gasteiger charge is -2.04. The predicted octanol–water partition coefficient (Wildman–Crippen LogP) is 3.06. The summed E-state index contributed by atoms with van der Waals surface area (Å²) in [6.45, 7) is 7.37. The Morgan fingerprint density at radius 3 is 2.55 bits per heavy atom. The second-order valence-electron chi connectivity index (χ2n) is 5.32. The van der Waals surface area contributed by atoms with E-state index in [0.29, 0.717) is 13.1 Å². The van der Waals surface area contributed by atoms with Crippen LogP contribution in [0.1, 0.15) is 28.2 Å². The average molecular weight is 269 g/mol. The highest BCUT2D eigenvalue weighted by Crippen LogP contribution is 2.21. The van der Waals surface area contributed by atoms with Gasteiger partial charge in [0.2, 0.25) is 0 Å². The summed E-state index contributed by atoms with van der Waals surface area (Å²) in [5, 5.41) is 0. The van der Waals surface area contributed by atoms with Gasteiger partial charge in [-0.3, -0.25) is 0 Å². The van der Waals surface area contributed by atoms with E-state index in [1.54, 1.807) is 0 Å². The molecule has 0 radical (unpaired) electrons. The normalized spacial score (nSPS) is 11.4. The Morgan fingerprint density at radius 1 is 1.10 bits per heavy atom. The highest BCUT2D eigenvalue weighted by atomic mass is 16.3. The van der Waals surface area contributed by atoms with Crippen LogP contribution in [0, 0.1) is 20.8 Å². The Labute approximate surface area is 118 Å². The second-order valence-corrected chi connectivity index (χ2v) is 5.32. The molecule has 0 fully saturated rings. The fraction of sp³-hybridized carbons (Fsp3) is 0.312. The molecule has 2 N–H and O–H groups in total. The molecule has 3 aromatic rings. The number of imidazole rings is 1. The zero-order valence-electron chi connectivity index (χ0n) is 12.1. The molecule has 0 spiro atoms. The van der Waals surface area contributed by atoms with Gasteiger partial charge >= 0.3 is 0 Å². The standard InChI is InChI=1S/C16H19N3O/c1-10-5-14-15(6-11(10)2)19(9-18-14)8-13-4-12(3)16(7-17)20-13/h4-6,9H,7-8,17H2,1-3H3. The number of nitrogens with two attached hydrogens (primary N) is 1. The number of hydrogen-bond donors (Lipinski definition) is 1. The summed E-state index contributed by atoms with van der Waals surface area (Å²) in [5.74, 6) is 1.77. The summed E-state index contributed by atoms with van der Waals surface area (Å²) in [6, 6.07) is 6.35. The van der Waals surface area contributed by atoms with E-state index in [2.05, 4.69) is 41.6 Å². The molecule has 104 valence electrons. The van der Waals surface area contributed by atoms with E-state index in [9.17, 15) is 0 Å². The minimum absolute atomic E-state index is 0.439. The molecule has 2 aromatic heterocycles. The van der Waals surface area contributed by atoms with Gasteiger partial charge in [0.15, 0.2) is 0 Å². The number of furan rings is 1. The SMILES string of the molecule is Cc1cc2ncn(Cc3cc(C)c(CN)o3)c2cc1C. The lowest BCUT2D eigenvalue weighted by Crippen LogP contribution is -1.97. The molecule has 0 aliphatic rings. The maximum absolute atomic E-state index is 5.77. The van der Waals surface area contributed by atoms with Crippen LogP contribution in [0.25, 0.3) is 11.0 Å². The summed E-state index contributed by atoms with van der Waals surface area (Å²) < 4.78 is 7.88. The number of fused-ring (bicyclic) bond motifs is 1. The van der Waals surface area contributed by atoms with Crippen molar-refractivity contribution in [3.8, 4) is 0 Å². The van der Waals surface area contributed by atoms with E-state index in [1.165, 1.54) is 11.1 Å². The van der Waals surface area contributed by atoms with Crippen LogP contribution in [-0.2, 0) is 13.1 Å². The molecule has 0 amide bonds. The number of aryl methyl sites for hydroxylation is 3. The van der Waals surface area contributed by atoms with Gasteiger partial charge in [-0.05, 0) is 55.7 Å². The summed E-state index contributed by atoms with van der Waals surface area (Å²) >= 11 is 0. The zero-order chi connectivity index (χ0) is 14.3. The molecular weight excluding hydrogens is 250 g/mol. The fourth-order valence-corrected chi connectivity index (χ4v) is 2.48. The molecule has 0 atom stereocenters. The van der Waals surface area contributed by atoms with E-state index < -0.39 is 0 Å². The lowest BCUT2D eigenvalue weighted by atomic mass is 10.1. The molecule has 0 saturated carbocycles. The van der Waals surface area contributed by atoms with Crippen LogP contribution >= 0.6 is 0 Å². The van der Waals surface area contributed by atoms with Crippen molar-refractivity contribution >= 4 is 11.0 Å². The van der Waals surface area contributed by atoms with Crippen LogP contribution < -0.4 is 5.73 Å². The van der Waals surface area contributed by atoms with Crippen LogP contribution in [0.3, 0.4) is 0 Å². The zero-order valence-corrected chi connectivity index (χ0v) is 12.1. The third-order valence-corrected chi connectivity index (χ3v) is 3.82. The van der Waals surface area contributed by atoms with Crippen LogP contribution in [0.15, 0.2) is 28.9 Å². The van der Waals surface area contributed by atoms with Gasteiger partial charge in [0.25, 0.3) is 0 Å². The topological polar surface area (TPSA) is 57.0 Å². The molecule has 0 unspecified atom stereocenters. The summed E-state index contributed by atoms with van der Waals surface area (Å²) in [4.78, 5) is 4.46. The van der Waals surface area contributed by atoms with Crippen molar-refractivity contribution in [1.82, 2.24) is 9.55 Å². The number of aromatic nitrogens is 2. The number of benzene rings is 1. The first-order chi connectivity index (χ1) is 9.58. The first-order valence-corrected chi connectivity index (χ1v) is 6.79. The molecule has 4 nitrogen and oxygen atoms in total. The van der Waals surface area contributed by atoms with E-state index in [-0.39, 0.29) is 0 Å². The van der Waals surface area contributed by atoms with Gasteiger partial charge in [0, 0.05) is 0 Å². The molecule has 1 aromatic carbocycles. The van der Waals surface area contributed by atoms with Crippen molar-refractivity contribution in [3.63, 3.8) is 0 Å². The van der Waals surface area contributed by atoms with Crippen LogP contribution in [0.4, 0.5) is 0 Å². The van der Waals surface area contributed by atoms with Crippen molar-refractivity contribution in [3.05, 3.63) is 52.7 Å². The van der Waals surface area contributed by atoms with Crippen molar-refractivity contribution in [1.29, 1.82) is 0 Å². The molecule has 3 rings (SSSR count). The van der Waals surface area contributed by atoms with Crippen molar-refractivity contribution in [2.24, 2.45) is 5.73 Å². The monoisotopic (exact) mass is 269 g/mol. The lowest BCUT2D eigenvalue weighted by molar-refractivity contribution is 0.455.